The maximum atomic E-state index is 15.4. The van der Waals surface area contributed by atoms with Crippen LogP contribution in [-0.4, -0.2) is 179 Å². The number of esters is 2. The third kappa shape index (κ3) is 22.9. The topological polar surface area (TPSA) is 361 Å². The van der Waals surface area contributed by atoms with Gasteiger partial charge in [0.05, 0.1) is 119 Å². The van der Waals surface area contributed by atoms with Crippen molar-refractivity contribution in [2.75, 3.05) is 27.3 Å². The Morgan fingerprint density at radius 1 is 0.516 bits per heavy atom. The summed E-state index contributed by atoms with van der Waals surface area (Å²) < 4.78 is 134. The van der Waals surface area contributed by atoms with Gasteiger partial charge in [0.25, 0.3) is 0 Å². The van der Waals surface area contributed by atoms with Crippen molar-refractivity contribution in [2.45, 2.75) is 271 Å². The number of aromatic nitrogens is 4. The number of carbonyl (C=O) groups is 8. The van der Waals surface area contributed by atoms with Crippen LogP contribution in [0.5, 0.6) is 34.8 Å². The lowest BCUT2D eigenvalue weighted by Gasteiger charge is -2.32. The molecule has 692 valence electrons. The summed E-state index contributed by atoms with van der Waals surface area (Å²) in [5.74, 6) is -6.63. The number of nitrogens with zero attached hydrogens (tertiary/aromatic N) is 6. The highest BCUT2D eigenvalue weighted by atomic mass is 32.2. The van der Waals surface area contributed by atoms with Gasteiger partial charge < -0.3 is 47.7 Å². The monoisotopic (exact) mass is 1810 g/mol. The fraction of sp³-hybridized carbons (Fsp3) is 0.583. The summed E-state index contributed by atoms with van der Waals surface area (Å²) in [5, 5.41) is -0.823. The number of hydrogen-bond acceptors (Lipinski definition) is 24. The van der Waals surface area contributed by atoms with Gasteiger partial charge in [0.1, 0.15) is 34.9 Å². The number of ether oxygens (including phenoxy) is 8. The van der Waals surface area contributed by atoms with Crippen molar-refractivity contribution < 1.29 is 102 Å². The predicted molar refractivity (Wildman–Crippen MR) is 475 cm³/mol. The molecule has 2 saturated heterocycles. The Hall–Kier alpha value is -10.2. The number of ketones is 2. The number of amides is 4. The number of fused-ring (bicyclic) bond motifs is 6. The summed E-state index contributed by atoms with van der Waals surface area (Å²) in [6, 6.07) is 17.4. The van der Waals surface area contributed by atoms with Crippen molar-refractivity contribution in [1.29, 1.82) is 0 Å². The first-order valence-electron chi connectivity index (χ1n) is 44.9. The molecule has 4 aliphatic heterocycles. The van der Waals surface area contributed by atoms with E-state index in [1.807, 2.05) is 65.8 Å². The van der Waals surface area contributed by atoms with Crippen molar-refractivity contribution in [3.8, 4) is 57.5 Å². The lowest BCUT2D eigenvalue weighted by atomic mass is 9.82. The van der Waals surface area contributed by atoms with Gasteiger partial charge in [-0.1, -0.05) is 52.0 Å². The number of halogens is 2. The summed E-state index contributed by atoms with van der Waals surface area (Å²) in [7, 11) is -5.14. The lowest BCUT2D eigenvalue weighted by Crippen LogP contribution is -2.47. The van der Waals surface area contributed by atoms with E-state index in [9.17, 15) is 45.6 Å². The number of nitrogens with one attached hydrogen (secondary N) is 2. The molecule has 4 amide bonds. The van der Waals surface area contributed by atoms with Crippen LogP contribution in [0.4, 0.5) is 8.78 Å². The number of allylic oxidation sites excluding steroid dienone is 4. The minimum atomic E-state index is -3.92. The molecule has 0 unspecified atom stereocenters. The van der Waals surface area contributed by atoms with Gasteiger partial charge in [-0.3, -0.25) is 47.8 Å². The molecule has 28 nitrogen and oxygen atoms in total. The first-order valence-corrected chi connectivity index (χ1v) is 47.9. The molecule has 14 atom stereocenters. The molecule has 128 heavy (non-hydrogen) atoms. The molecule has 2 aromatic heterocycles. The minimum absolute atomic E-state index is 0.0118. The molecule has 0 spiro atoms. The van der Waals surface area contributed by atoms with Gasteiger partial charge in [0.2, 0.25) is 55.4 Å². The van der Waals surface area contributed by atoms with E-state index in [0.717, 1.165) is 12.8 Å². The average Bonchev–Trinajstić information content (AvgIpc) is 1.56. The van der Waals surface area contributed by atoms with Crippen molar-refractivity contribution in [1.82, 2.24) is 39.2 Å². The molecule has 6 aromatic rings. The molecule has 8 aliphatic rings. The fourth-order valence-corrected chi connectivity index (χ4v) is 21.0. The predicted octanol–water partition coefficient (Wildman–Crippen LogP) is 15.0. The maximum absolute atomic E-state index is 15.4. The average molecular weight is 1810 g/mol. The number of methoxy groups -OCH3 is 2. The van der Waals surface area contributed by atoms with Crippen molar-refractivity contribution in [3.63, 3.8) is 0 Å². The van der Waals surface area contributed by atoms with Crippen molar-refractivity contribution in [3.05, 3.63) is 109 Å². The minimum Gasteiger partial charge on any atom is -0.494 e. The van der Waals surface area contributed by atoms with Gasteiger partial charge >= 0.3 is 11.9 Å². The summed E-state index contributed by atoms with van der Waals surface area (Å²) in [5.41, 5.74) is -2.39. The zero-order valence-electron chi connectivity index (χ0n) is 76.0. The Morgan fingerprint density at radius 3 is 1.20 bits per heavy atom. The van der Waals surface area contributed by atoms with Gasteiger partial charge in [-0.2, -0.15) is 9.97 Å². The third-order valence-corrected chi connectivity index (χ3v) is 29.0. The quantitative estimate of drug-likeness (QED) is 0.0471. The molecule has 0 bridgehead atoms. The summed E-state index contributed by atoms with van der Waals surface area (Å²) in [6.07, 6.45) is 11.4. The highest BCUT2D eigenvalue weighted by Gasteiger charge is 2.64. The van der Waals surface area contributed by atoms with E-state index in [1.165, 1.54) is 48.3 Å². The van der Waals surface area contributed by atoms with Gasteiger partial charge in [0.15, 0.2) is 46.3 Å². The smallest absolute Gasteiger partial charge is 0.307 e. The molecule has 4 aliphatic carbocycles. The van der Waals surface area contributed by atoms with E-state index >= 15 is 18.4 Å². The van der Waals surface area contributed by atoms with E-state index in [0.29, 0.717) is 85.0 Å². The largest absolute Gasteiger partial charge is 0.494 e. The van der Waals surface area contributed by atoms with Crippen molar-refractivity contribution >= 4 is 89.0 Å². The Bertz CT molecular complexity index is 5160. The molecule has 4 saturated carbocycles. The summed E-state index contributed by atoms with van der Waals surface area (Å²) in [4.78, 5) is 137. The highest BCUT2D eigenvalue weighted by Crippen LogP contribution is 2.59. The number of Topliss-reactive ketones (excluding diaryl/α,β-unsaturated/α-hetero) is 2. The maximum Gasteiger partial charge on any atom is 0.307 e. The molecule has 0 radical (unpaired) electrons. The molecule has 4 aromatic carbocycles. The Kier molecular flexibility index (Phi) is 28.6. The van der Waals surface area contributed by atoms with Crippen LogP contribution in [0, 0.1) is 69.8 Å². The van der Waals surface area contributed by atoms with Gasteiger partial charge in [-0.15, -0.1) is 0 Å². The summed E-state index contributed by atoms with van der Waals surface area (Å²) in [6.45, 7) is 26.1. The Balaban J connectivity index is 0.000000219. The van der Waals surface area contributed by atoms with Crippen LogP contribution < -0.4 is 37.9 Å². The first kappa shape index (κ1) is 95.3. The van der Waals surface area contributed by atoms with E-state index in [1.54, 1.807) is 90.1 Å². The highest BCUT2D eigenvalue weighted by molar-refractivity contribution is 7.91. The van der Waals surface area contributed by atoms with E-state index < -0.39 is 147 Å². The first-order chi connectivity index (χ1) is 60.3. The zero-order chi connectivity index (χ0) is 92.6. The van der Waals surface area contributed by atoms with Crippen molar-refractivity contribution in [2.24, 2.45) is 58.2 Å². The number of rotatable bonds is 22. The molecular formula is C96H122F2N8O20S2. The molecule has 14 rings (SSSR count). The number of hydrogen-bond donors (Lipinski definition) is 2. The molecule has 32 heteroatoms. The van der Waals surface area contributed by atoms with Crippen LogP contribution in [0.15, 0.2) is 97.1 Å². The molecule has 6 fully saturated rings. The molecular weight excluding hydrogens is 1690 g/mol. The number of benzene rings is 4. The van der Waals surface area contributed by atoms with E-state index in [-0.39, 0.29) is 158 Å². The van der Waals surface area contributed by atoms with Gasteiger partial charge in [-0.05, 0) is 242 Å². The second-order valence-electron chi connectivity index (χ2n) is 39.1. The molecule has 6 heterocycles. The van der Waals surface area contributed by atoms with Crippen LogP contribution in [-0.2, 0) is 67.9 Å². The summed E-state index contributed by atoms with van der Waals surface area (Å²) >= 11 is 0. The second-order valence-corrected chi connectivity index (χ2v) is 43.0. The zero-order valence-corrected chi connectivity index (χ0v) is 77.7. The fourth-order valence-electron chi connectivity index (χ4n) is 18.3. The number of carbonyl (C=O) groups excluding carboxylic acids is 8. The number of sulfonamides is 2. The SMILES string of the molecule is COc1cc2nc(-c3ccc(OC(C)C)cc3)nc(O[C@@H]3C[C@H]4C(=O)C[C@]5(C(=O)NS(=O)(=O)C6CC6)C[C@H]5/C=C\CC[C@@H](C)C[C@@H](C)[C@H](CC(=O)OC(C)(C)C)C(=O)N4C3)c2cc1F.COc1cc2nc(-c3ccc(OC(C)C)cc3)nc(O[C@@H]3C[C@H]4C(=O)C[C@]5(C(=O)NS(=O)(=O)C6CC6)C[C@H]5/C=C\CC[C@H](C)C[C@@H](C)[C@H](CC(=O)OC(C)(C)C)C(=O)N4C3)c2cc1F. The Labute approximate surface area is 748 Å². The van der Waals surface area contributed by atoms with Crippen LogP contribution in [0.1, 0.15) is 213 Å². The normalized spacial score (nSPS) is 27.2. The van der Waals surface area contributed by atoms with Crippen LogP contribution >= 0.6 is 0 Å². The van der Waals surface area contributed by atoms with Crippen LogP contribution in [0.25, 0.3) is 44.6 Å². The lowest BCUT2D eigenvalue weighted by molar-refractivity contribution is -0.160. The second kappa shape index (κ2) is 38.4. The van der Waals surface area contributed by atoms with E-state index in [4.69, 9.17) is 57.8 Å². The van der Waals surface area contributed by atoms with E-state index in [2.05, 4.69) is 23.3 Å². The van der Waals surface area contributed by atoms with Crippen LogP contribution in [0.2, 0.25) is 0 Å². The Morgan fingerprint density at radius 2 is 0.875 bits per heavy atom. The van der Waals surface area contributed by atoms with Crippen LogP contribution in [0.3, 0.4) is 0 Å². The third-order valence-electron chi connectivity index (χ3n) is 25.3. The molecule has 2 N–H and O–H groups in total. The van der Waals surface area contributed by atoms with Gasteiger partial charge in [-0.25, -0.2) is 35.6 Å². The standard InChI is InChI=1S/2C48H61FN4O10S/c2*1-27(2)61-32-15-13-30(14-16-32)43-50-38-23-41(60-8)37(49)21-36(38)44(51-43)62-33-20-39-40(54)25-48(46(57)52-64(58,59)34-17-18-34)24-31(48)12-10-9-11-28(3)19-29(4)35(45(56)53(39)26-33)22-42(55)63-47(5,6)7/h2*10,12-16,21,23,27-29,31,33-35,39H,9,11,17-20,22,24-26H2,1-8H3,(H,52,57)/b2*12-10-/t28-,29+,31+,33+,35-,39-,48+;28-,29-,31-,33-,35+,39+,48-/m01/s1. The van der Waals surface area contributed by atoms with Gasteiger partial charge in [0, 0.05) is 48.9 Å².